The molecule has 28 heavy (non-hydrogen) atoms. The van der Waals surface area contributed by atoms with Crippen LogP contribution in [0.15, 0.2) is 47.5 Å². The minimum atomic E-state index is -4.69. The third-order valence-electron chi connectivity index (χ3n) is 4.87. The van der Waals surface area contributed by atoms with Crippen LogP contribution >= 0.6 is 0 Å². The summed E-state index contributed by atoms with van der Waals surface area (Å²) in [5, 5.41) is 3.29. The van der Waals surface area contributed by atoms with Gasteiger partial charge in [0, 0.05) is 37.8 Å². The molecule has 4 rings (SSSR count). The van der Waals surface area contributed by atoms with E-state index in [0.29, 0.717) is 5.75 Å². The van der Waals surface area contributed by atoms with Crippen LogP contribution in [0.5, 0.6) is 11.5 Å². The predicted octanol–water partition coefficient (Wildman–Crippen LogP) is 4.24. The van der Waals surface area contributed by atoms with E-state index in [1.807, 2.05) is 0 Å². The number of alkyl halides is 3. The number of ether oxygens (including phenoxy) is 2. The van der Waals surface area contributed by atoms with E-state index in [2.05, 4.69) is 38.1 Å². The molecule has 1 unspecified atom stereocenters. The first-order valence-corrected chi connectivity index (χ1v) is 9.02. The Labute approximate surface area is 160 Å². The number of nitrogens with zero attached hydrogens (tertiary/aromatic N) is 2. The quantitative estimate of drug-likeness (QED) is 0.847. The van der Waals surface area contributed by atoms with Gasteiger partial charge in [-0.3, -0.25) is 4.99 Å². The highest BCUT2D eigenvalue weighted by Crippen LogP contribution is 2.31. The summed E-state index contributed by atoms with van der Waals surface area (Å²) in [5.41, 5.74) is 3.46. The summed E-state index contributed by atoms with van der Waals surface area (Å²) in [6, 6.07) is 11.8. The molecule has 0 amide bonds. The van der Waals surface area contributed by atoms with Crippen LogP contribution in [0, 0.1) is 0 Å². The monoisotopic (exact) mass is 391 g/mol. The number of anilines is 2. The van der Waals surface area contributed by atoms with Gasteiger partial charge >= 0.3 is 6.36 Å². The second-order valence-electron chi connectivity index (χ2n) is 6.81. The average molecular weight is 391 g/mol. The average Bonchev–Trinajstić information content (AvgIpc) is 3.28. The highest BCUT2D eigenvalue weighted by Gasteiger charge is 2.31. The fourth-order valence-electron chi connectivity index (χ4n) is 3.53. The molecule has 5 nitrogen and oxygen atoms in total. The summed E-state index contributed by atoms with van der Waals surface area (Å²) in [5.74, 6) is 1.24. The van der Waals surface area contributed by atoms with E-state index in [1.165, 1.54) is 29.8 Å². The Balaban J connectivity index is 1.36. The smallest absolute Gasteiger partial charge is 0.489 e. The van der Waals surface area contributed by atoms with E-state index in [-0.39, 0.29) is 11.9 Å². The molecule has 2 aliphatic rings. The van der Waals surface area contributed by atoms with Crippen LogP contribution in [0.4, 0.5) is 24.5 Å². The number of hydrogen-bond donors (Lipinski definition) is 1. The standard InChI is InChI=1S/C20H20F3N3O2/c1-24-19-11-13-10-14(2-7-18(13)25-19)26-9-8-17(12-26)27-15-3-5-16(6-4-15)28-20(21,22)23/h2-7,10,17H,8-9,11-12H2,1H3,(H,24,25). The van der Waals surface area contributed by atoms with Gasteiger partial charge in [-0.05, 0) is 48.0 Å². The summed E-state index contributed by atoms with van der Waals surface area (Å²) < 4.78 is 46.5. The second kappa shape index (κ2) is 7.26. The Bertz CT molecular complexity index is 881. The zero-order valence-electron chi connectivity index (χ0n) is 15.3. The fourth-order valence-corrected chi connectivity index (χ4v) is 3.53. The van der Waals surface area contributed by atoms with Gasteiger partial charge in [-0.15, -0.1) is 13.2 Å². The minimum Gasteiger partial charge on any atom is -0.489 e. The van der Waals surface area contributed by atoms with Crippen LogP contribution < -0.4 is 19.7 Å². The molecule has 2 aromatic rings. The summed E-state index contributed by atoms with van der Waals surface area (Å²) in [7, 11) is 1.78. The predicted molar refractivity (Wildman–Crippen MR) is 101 cm³/mol. The van der Waals surface area contributed by atoms with Crippen molar-refractivity contribution >= 4 is 17.2 Å². The lowest BCUT2D eigenvalue weighted by atomic mass is 10.1. The third kappa shape index (κ3) is 4.16. The van der Waals surface area contributed by atoms with Crippen molar-refractivity contribution in [3.63, 3.8) is 0 Å². The van der Waals surface area contributed by atoms with Gasteiger partial charge in [0.05, 0.1) is 6.54 Å². The first-order chi connectivity index (χ1) is 13.4. The summed E-state index contributed by atoms with van der Waals surface area (Å²) in [6.45, 7) is 1.59. The Kier molecular flexibility index (Phi) is 4.78. The molecule has 1 N–H and O–H groups in total. The van der Waals surface area contributed by atoms with E-state index in [0.717, 1.165) is 43.1 Å². The van der Waals surface area contributed by atoms with Crippen molar-refractivity contribution in [1.29, 1.82) is 0 Å². The number of hydrogen-bond acceptors (Lipinski definition) is 4. The topological polar surface area (TPSA) is 46.1 Å². The second-order valence-corrected chi connectivity index (χ2v) is 6.81. The molecule has 8 heteroatoms. The van der Waals surface area contributed by atoms with Crippen LogP contribution in [0.2, 0.25) is 0 Å². The van der Waals surface area contributed by atoms with Gasteiger partial charge in [0.2, 0.25) is 0 Å². The molecule has 0 aromatic heterocycles. The number of aliphatic imine (C=N–C) groups is 1. The van der Waals surface area contributed by atoms with Gasteiger partial charge in [-0.25, -0.2) is 0 Å². The lowest BCUT2D eigenvalue weighted by Crippen LogP contribution is -2.24. The maximum absolute atomic E-state index is 12.2. The Hall–Kier alpha value is -2.90. The molecule has 2 aliphatic heterocycles. The van der Waals surface area contributed by atoms with Crippen molar-refractivity contribution in [2.75, 3.05) is 30.4 Å². The molecule has 148 valence electrons. The molecule has 0 aliphatic carbocycles. The molecule has 1 saturated heterocycles. The van der Waals surface area contributed by atoms with Crippen molar-refractivity contribution < 1.29 is 22.6 Å². The lowest BCUT2D eigenvalue weighted by Gasteiger charge is -2.20. The summed E-state index contributed by atoms with van der Waals surface area (Å²) >= 11 is 0. The van der Waals surface area contributed by atoms with Crippen LogP contribution in [-0.2, 0) is 6.42 Å². The molecular weight excluding hydrogens is 371 g/mol. The normalized spacial score (nSPS) is 20.2. The SMILES string of the molecule is CN=C1Cc2cc(N3CCC(Oc4ccc(OC(F)(F)F)cc4)C3)ccc2N1. The van der Waals surface area contributed by atoms with E-state index in [4.69, 9.17) is 4.74 Å². The summed E-state index contributed by atoms with van der Waals surface area (Å²) in [4.78, 5) is 6.47. The van der Waals surface area contributed by atoms with Gasteiger partial charge in [-0.1, -0.05) is 0 Å². The maximum Gasteiger partial charge on any atom is 0.573 e. The molecule has 0 bridgehead atoms. The zero-order chi connectivity index (χ0) is 19.7. The number of nitrogens with one attached hydrogen (secondary N) is 1. The lowest BCUT2D eigenvalue weighted by molar-refractivity contribution is -0.274. The van der Waals surface area contributed by atoms with Crippen LogP contribution in [0.1, 0.15) is 12.0 Å². The third-order valence-corrected chi connectivity index (χ3v) is 4.87. The van der Waals surface area contributed by atoms with Crippen molar-refractivity contribution in [3.05, 3.63) is 48.0 Å². The molecule has 1 fully saturated rings. The van der Waals surface area contributed by atoms with E-state index in [9.17, 15) is 13.2 Å². The molecular formula is C20H20F3N3O2. The van der Waals surface area contributed by atoms with Crippen molar-refractivity contribution in [1.82, 2.24) is 0 Å². The van der Waals surface area contributed by atoms with Gasteiger partial charge in [0.1, 0.15) is 23.4 Å². The van der Waals surface area contributed by atoms with Gasteiger partial charge in [0.25, 0.3) is 0 Å². The number of halogens is 3. The number of benzene rings is 2. The Morgan fingerprint density at radius 3 is 2.57 bits per heavy atom. The molecule has 2 aromatic carbocycles. The van der Waals surface area contributed by atoms with E-state index in [1.54, 1.807) is 7.05 Å². The largest absolute Gasteiger partial charge is 0.573 e. The molecule has 0 radical (unpaired) electrons. The van der Waals surface area contributed by atoms with Crippen LogP contribution in [-0.4, -0.2) is 38.4 Å². The first-order valence-electron chi connectivity index (χ1n) is 9.02. The van der Waals surface area contributed by atoms with Gasteiger partial charge < -0.3 is 19.7 Å². The Morgan fingerprint density at radius 1 is 1.11 bits per heavy atom. The van der Waals surface area contributed by atoms with Crippen LogP contribution in [0.3, 0.4) is 0 Å². The number of fused-ring (bicyclic) bond motifs is 1. The zero-order valence-corrected chi connectivity index (χ0v) is 15.3. The molecule has 2 heterocycles. The first kappa shape index (κ1) is 18.5. The van der Waals surface area contributed by atoms with Gasteiger partial charge in [-0.2, -0.15) is 0 Å². The summed E-state index contributed by atoms with van der Waals surface area (Å²) in [6.07, 6.45) is -3.06. The Morgan fingerprint density at radius 2 is 1.86 bits per heavy atom. The maximum atomic E-state index is 12.2. The fraction of sp³-hybridized carbons (Fsp3) is 0.350. The highest BCUT2D eigenvalue weighted by atomic mass is 19.4. The van der Waals surface area contributed by atoms with Crippen molar-refractivity contribution in [3.8, 4) is 11.5 Å². The van der Waals surface area contributed by atoms with E-state index >= 15 is 0 Å². The van der Waals surface area contributed by atoms with Gasteiger partial charge in [0.15, 0.2) is 0 Å². The van der Waals surface area contributed by atoms with Crippen LogP contribution in [0.25, 0.3) is 0 Å². The number of rotatable bonds is 4. The van der Waals surface area contributed by atoms with Crippen molar-refractivity contribution in [2.45, 2.75) is 25.3 Å². The molecule has 0 saturated carbocycles. The minimum absolute atomic E-state index is 0.0199. The highest BCUT2D eigenvalue weighted by molar-refractivity contribution is 6.03. The molecule has 1 atom stereocenters. The molecule has 0 spiro atoms. The van der Waals surface area contributed by atoms with Crippen molar-refractivity contribution in [2.24, 2.45) is 4.99 Å². The number of amidine groups is 1. The van der Waals surface area contributed by atoms with E-state index < -0.39 is 6.36 Å².